The average molecular weight is 135 g/mol. The van der Waals surface area contributed by atoms with E-state index in [1.54, 1.807) is 6.33 Å². The molecule has 0 fully saturated rings. The van der Waals surface area contributed by atoms with E-state index in [0.29, 0.717) is 0 Å². The fourth-order valence-corrected chi connectivity index (χ4v) is 0.679. The van der Waals surface area contributed by atoms with Crippen LogP contribution in [0.15, 0.2) is 12.5 Å². The van der Waals surface area contributed by atoms with Gasteiger partial charge in [-0.3, -0.25) is 0 Å². The van der Waals surface area contributed by atoms with Crippen molar-refractivity contribution < 1.29 is 0 Å². The van der Waals surface area contributed by atoms with E-state index in [2.05, 4.69) is 10.9 Å². The van der Waals surface area contributed by atoms with Gasteiger partial charge in [-0.05, 0) is 0 Å². The van der Waals surface area contributed by atoms with E-state index >= 15 is 0 Å². The molecule has 0 spiro atoms. The van der Waals surface area contributed by atoms with Gasteiger partial charge in [0.2, 0.25) is 0 Å². The second kappa shape index (κ2) is 2.54. The van der Waals surface area contributed by atoms with Gasteiger partial charge < -0.3 is 10.3 Å². The molecular weight excluding hydrogens is 126 g/mol. The molecule has 3 heteroatoms. The highest BCUT2D eigenvalue weighted by Gasteiger charge is 2.02. The molecule has 1 rings (SSSR count). The molecular formula is C7H9N3. The summed E-state index contributed by atoms with van der Waals surface area (Å²) >= 11 is 0. The van der Waals surface area contributed by atoms with E-state index in [4.69, 9.17) is 12.2 Å². The number of aromatic nitrogens is 2. The van der Waals surface area contributed by atoms with E-state index in [1.165, 1.54) is 0 Å². The van der Waals surface area contributed by atoms with Gasteiger partial charge in [0.15, 0.2) is 0 Å². The molecule has 0 bridgehead atoms. The van der Waals surface area contributed by atoms with E-state index < -0.39 is 0 Å². The monoisotopic (exact) mass is 135 g/mol. The summed E-state index contributed by atoms with van der Waals surface area (Å²) in [4.78, 5) is 3.98. The molecule has 0 aromatic carbocycles. The Morgan fingerprint density at radius 3 is 3.00 bits per heavy atom. The van der Waals surface area contributed by atoms with Crippen molar-refractivity contribution in [3.63, 3.8) is 0 Å². The van der Waals surface area contributed by atoms with Gasteiger partial charge in [0.25, 0.3) is 0 Å². The summed E-state index contributed by atoms with van der Waals surface area (Å²) in [5.41, 5.74) is 6.24. The van der Waals surface area contributed by atoms with E-state index in [-0.39, 0.29) is 6.04 Å². The number of nitrogens with two attached hydrogens (primary N) is 1. The minimum atomic E-state index is -0.374. The summed E-state index contributed by atoms with van der Waals surface area (Å²) < 4.78 is 1.81. The first-order chi connectivity index (χ1) is 4.74. The maximum absolute atomic E-state index is 5.50. The summed E-state index contributed by atoms with van der Waals surface area (Å²) in [5.74, 6) is 2.40. The molecule has 0 amide bonds. The predicted molar refractivity (Wildman–Crippen MR) is 39.0 cm³/mol. The summed E-state index contributed by atoms with van der Waals surface area (Å²) in [6.07, 6.45) is 8.57. The van der Waals surface area contributed by atoms with Crippen molar-refractivity contribution in [2.45, 2.75) is 6.04 Å². The standard InChI is InChI=1S/C7H9N3/c1-3-6(8)7-4-10(2)5-9-7/h1,4-6H,8H2,2H3. The molecule has 52 valence electrons. The quantitative estimate of drug-likeness (QED) is 0.553. The van der Waals surface area contributed by atoms with Crippen LogP contribution in [0, 0.1) is 12.3 Å². The fraction of sp³-hybridized carbons (Fsp3) is 0.286. The average Bonchev–Trinajstić information content (AvgIpc) is 2.34. The molecule has 1 unspecified atom stereocenters. The number of rotatable bonds is 1. The second-order valence-corrected chi connectivity index (χ2v) is 2.11. The molecule has 0 saturated carbocycles. The highest BCUT2D eigenvalue weighted by molar-refractivity contribution is 5.14. The summed E-state index contributed by atoms with van der Waals surface area (Å²) in [6, 6.07) is -0.374. The van der Waals surface area contributed by atoms with Gasteiger partial charge in [-0.15, -0.1) is 6.42 Å². The molecule has 1 heterocycles. The smallest absolute Gasteiger partial charge is 0.111 e. The summed E-state index contributed by atoms with van der Waals surface area (Å²) in [7, 11) is 1.87. The van der Waals surface area contributed by atoms with Gasteiger partial charge in [-0.25, -0.2) is 4.98 Å². The van der Waals surface area contributed by atoms with Crippen LogP contribution in [0.1, 0.15) is 11.7 Å². The van der Waals surface area contributed by atoms with Crippen LogP contribution in [0.5, 0.6) is 0 Å². The first-order valence-electron chi connectivity index (χ1n) is 2.93. The normalized spacial score (nSPS) is 12.5. The minimum Gasteiger partial charge on any atom is -0.340 e. The highest BCUT2D eigenvalue weighted by Crippen LogP contribution is 2.03. The van der Waals surface area contributed by atoms with Gasteiger partial charge in [0, 0.05) is 13.2 Å². The number of hydrogen-bond acceptors (Lipinski definition) is 2. The molecule has 0 aliphatic heterocycles. The second-order valence-electron chi connectivity index (χ2n) is 2.11. The Bertz CT molecular complexity index is 256. The van der Waals surface area contributed by atoms with Gasteiger partial charge in [0.1, 0.15) is 6.04 Å². The van der Waals surface area contributed by atoms with Crippen molar-refractivity contribution >= 4 is 0 Å². The van der Waals surface area contributed by atoms with Crippen LogP contribution in [-0.4, -0.2) is 9.55 Å². The maximum atomic E-state index is 5.50. The lowest BCUT2D eigenvalue weighted by Gasteiger charge is -1.95. The Morgan fingerprint density at radius 2 is 2.60 bits per heavy atom. The zero-order valence-electron chi connectivity index (χ0n) is 5.78. The Kier molecular flexibility index (Phi) is 1.74. The van der Waals surface area contributed by atoms with Crippen LogP contribution in [0.2, 0.25) is 0 Å². The molecule has 2 N–H and O–H groups in total. The molecule has 1 aromatic heterocycles. The van der Waals surface area contributed by atoms with Crippen LogP contribution in [0.25, 0.3) is 0 Å². The largest absolute Gasteiger partial charge is 0.340 e. The van der Waals surface area contributed by atoms with Crippen LogP contribution < -0.4 is 5.73 Å². The van der Waals surface area contributed by atoms with Gasteiger partial charge in [-0.2, -0.15) is 0 Å². The van der Waals surface area contributed by atoms with Crippen LogP contribution >= 0.6 is 0 Å². The fourth-order valence-electron chi connectivity index (χ4n) is 0.679. The number of imidazole rings is 1. The number of hydrogen-bond donors (Lipinski definition) is 1. The highest BCUT2D eigenvalue weighted by atomic mass is 15.0. The first-order valence-corrected chi connectivity index (χ1v) is 2.93. The van der Waals surface area contributed by atoms with E-state index in [0.717, 1.165) is 5.69 Å². The first kappa shape index (κ1) is 6.84. The number of aryl methyl sites for hydroxylation is 1. The lowest BCUT2D eigenvalue weighted by Crippen LogP contribution is -2.07. The third kappa shape index (κ3) is 1.17. The zero-order valence-corrected chi connectivity index (χ0v) is 5.78. The van der Waals surface area contributed by atoms with Crippen molar-refractivity contribution in [2.24, 2.45) is 12.8 Å². The van der Waals surface area contributed by atoms with Gasteiger partial charge in [-0.1, -0.05) is 5.92 Å². The lowest BCUT2D eigenvalue weighted by molar-refractivity contribution is 0.891. The van der Waals surface area contributed by atoms with Crippen molar-refractivity contribution in [1.82, 2.24) is 9.55 Å². The maximum Gasteiger partial charge on any atom is 0.111 e. The molecule has 3 nitrogen and oxygen atoms in total. The molecule has 1 atom stereocenters. The van der Waals surface area contributed by atoms with Gasteiger partial charge in [0.05, 0.1) is 12.0 Å². The van der Waals surface area contributed by atoms with Crippen LogP contribution in [-0.2, 0) is 7.05 Å². The third-order valence-electron chi connectivity index (χ3n) is 1.22. The third-order valence-corrected chi connectivity index (χ3v) is 1.22. The number of terminal acetylenes is 1. The predicted octanol–water partition coefficient (Wildman–Crippen LogP) is 0.0531. The molecule has 0 saturated heterocycles. The molecule has 1 aromatic rings. The topological polar surface area (TPSA) is 43.8 Å². The van der Waals surface area contributed by atoms with Crippen molar-refractivity contribution in [1.29, 1.82) is 0 Å². The van der Waals surface area contributed by atoms with E-state index in [9.17, 15) is 0 Å². The Hall–Kier alpha value is -1.27. The Balaban J connectivity index is 2.87. The summed E-state index contributed by atoms with van der Waals surface area (Å²) in [5, 5.41) is 0. The SMILES string of the molecule is C#CC(N)c1cn(C)cn1. The van der Waals surface area contributed by atoms with Crippen LogP contribution in [0.3, 0.4) is 0 Å². The Labute approximate surface area is 59.9 Å². The minimum absolute atomic E-state index is 0.374. The summed E-state index contributed by atoms with van der Waals surface area (Å²) in [6.45, 7) is 0. The van der Waals surface area contributed by atoms with Crippen LogP contribution in [0.4, 0.5) is 0 Å². The molecule has 0 aliphatic rings. The van der Waals surface area contributed by atoms with E-state index in [1.807, 2.05) is 17.8 Å². The zero-order chi connectivity index (χ0) is 7.56. The lowest BCUT2D eigenvalue weighted by atomic mass is 10.2. The van der Waals surface area contributed by atoms with Crippen molar-refractivity contribution in [2.75, 3.05) is 0 Å². The molecule has 10 heavy (non-hydrogen) atoms. The number of nitrogens with zero attached hydrogens (tertiary/aromatic N) is 2. The Morgan fingerprint density at radius 1 is 1.90 bits per heavy atom. The van der Waals surface area contributed by atoms with Crippen molar-refractivity contribution in [3.8, 4) is 12.3 Å². The molecule has 0 radical (unpaired) electrons. The van der Waals surface area contributed by atoms with Crippen molar-refractivity contribution in [3.05, 3.63) is 18.2 Å². The van der Waals surface area contributed by atoms with Gasteiger partial charge >= 0.3 is 0 Å². The molecule has 0 aliphatic carbocycles.